The van der Waals surface area contributed by atoms with Crippen LogP contribution in [0.2, 0.25) is 0 Å². The number of H-pyrrole nitrogens is 1. The van der Waals surface area contributed by atoms with Gasteiger partial charge in [-0.3, -0.25) is 19.7 Å². The molecule has 5 N–H and O–H groups in total. The Hall–Kier alpha value is -3.29. The maximum Gasteiger partial charge on any atom is 0.305 e. The van der Waals surface area contributed by atoms with Crippen LogP contribution >= 0.6 is 11.3 Å². The van der Waals surface area contributed by atoms with E-state index in [1.807, 2.05) is 31.3 Å². The van der Waals surface area contributed by atoms with Gasteiger partial charge in [0, 0.05) is 88.3 Å². The summed E-state index contributed by atoms with van der Waals surface area (Å²) in [5.74, 6) is 5.00. The van der Waals surface area contributed by atoms with Crippen molar-refractivity contribution in [1.29, 1.82) is 0 Å². The number of carbonyl (C=O) groups excluding carboxylic acids is 1. The van der Waals surface area contributed by atoms with Crippen LogP contribution in [0.4, 0.5) is 5.82 Å². The van der Waals surface area contributed by atoms with Crippen molar-refractivity contribution in [2.75, 3.05) is 83.8 Å². The standard InChI is InChI=1S/C29H38N8O4S2.CH4O.H3NO/c1-3-41-26(38)8-5-9-34-10-14-36(15-11-34)29-27-25(31-28(32-29)22-6-4-7-24-23(22)19-30-33-24)18-21(42-27)20-35-12-16-37(17-13-35)43(2,39)40;2*1-2/h4,6-7,18-19H,3,5,8-17,20H2,1-2H3,(H,30,33);2H,1H3;2H,1H2. The highest BCUT2D eigenvalue weighted by Gasteiger charge is 2.26. The van der Waals surface area contributed by atoms with E-state index in [9.17, 15) is 13.2 Å². The van der Waals surface area contributed by atoms with Gasteiger partial charge in [-0.15, -0.1) is 11.3 Å². The number of nitrogens with one attached hydrogen (secondary N) is 1. The van der Waals surface area contributed by atoms with Crippen molar-refractivity contribution >= 4 is 54.3 Å². The highest BCUT2D eigenvalue weighted by Crippen LogP contribution is 2.36. The molecule has 2 fully saturated rings. The fourth-order valence-electron chi connectivity index (χ4n) is 5.84. The number of rotatable bonds is 10. The number of piperazine rings is 2. The third-order valence-electron chi connectivity index (χ3n) is 8.14. The number of ether oxygens (including phenoxy) is 1. The van der Waals surface area contributed by atoms with Gasteiger partial charge in [0.15, 0.2) is 11.6 Å². The zero-order valence-corrected chi connectivity index (χ0v) is 28.8. The minimum Gasteiger partial charge on any atom is -0.466 e. The van der Waals surface area contributed by atoms with E-state index in [4.69, 9.17) is 25.0 Å². The highest BCUT2D eigenvalue weighted by atomic mass is 32.2. The Kier molecular flexibility index (Phi) is 13.4. The zero-order valence-electron chi connectivity index (χ0n) is 27.1. The van der Waals surface area contributed by atoms with Crippen LogP contribution in [0.5, 0.6) is 0 Å². The van der Waals surface area contributed by atoms with Crippen molar-refractivity contribution in [2.45, 2.75) is 26.3 Å². The number of carbonyl (C=O) groups is 1. The van der Waals surface area contributed by atoms with Gasteiger partial charge in [-0.05, 0) is 32.0 Å². The quantitative estimate of drug-likeness (QED) is 0.139. The molecule has 2 saturated heterocycles. The zero-order chi connectivity index (χ0) is 34.0. The molecule has 4 aromatic rings. The first-order valence-electron chi connectivity index (χ1n) is 15.5. The summed E-state index contributed by atoms with van der Waals surface area (Å²) in [6, 6.07) is 8.20. The first-order valence-corrected chi connectivity index (χ1v) is 18.2. The molecule has 47 heavy (non-hydrogen) atoms. The molecule has 5 heterocycles. The number of sulfonamides is 1. The fourth-order valence-corrected chi connectivity index (χ4v) is 7.82. The average molecular weight is 692 g/mol. The number of nitrogens with two attached hydrogens (primary N) is 1. The predicted octanol–water partition coefficient (Wildman–Crippen LogP) is 1.72. The van der Waals surface area contributed by atoms with E-state index in [1.54, 1.807) is 15.6 Å². The fraction of sp³-hybridized carbons (Fsp3) is 0.533. The highest BCUT2D eigenvalue weighted by molar-refractivity contribution is 7.88. The van der Waals surface area contributed by atoms with Gasteiger partial charge >= 0.3 is 5.97 Å². The smallest absolute Gasteiger partial charge is 0.305 e. The molecule has 2 aliphatic rings. The first-order chi connectivity index (χ1) is 22.8. The summed E-state index contributed by atoms with van der Waals surface area (Å²) in [5.41, 5.74) is 2.81. The lowest BCUT2D eigenvalue weighted by atomic mass is 10.1. The van der Waals surface area contributed by atoms with Crippen LogP contribution in [0.3, 0.4) is 0 Å². The van der Waals surface area contributed by atoms with Crippen molar-refractivity contribution < 1.29 is 28.3 Å². The van der Waals surface area contributed by atoms with E-state index in [0.717, 1.165) is 85.3 Å². The summed E-state index contributed by atoms with van der Waals surface area (Å²) in [7, 11) is -2.16. The summed E-state index contributed by atoms with van der Waals surface area (Å²) < 4.78 is 31.6. The molecule has 3 aromatic heterocycles. The molecule has 0 amide bonds. The molecule has 0 spiro atoms. The van der Waals surface area contributed by atoms with E-state index < -0.39 is 10.0 Å². The van der Waals surface area contributed by atoms with Gasteiger partial charge in [0.05, 0.1) is 34.8 Å². The lowest BCUT2D eigenvalue weighted by Crippen LogP contribution is -2.47. The third kappa shape index (κ3) is 9.20. The van der Waals surface area contributed by atoms with Gasteiger partial charge in [0.2, 0.25) is 10.0 Å². The van der Waals surface area contributed by atoms with E-state index in [0.29, 0.717) is 45.0 Å². The molecule has 6 rings (SSSR count). The molecule has 0 saturated carbocycles. The van der Waals surface area contributed by atoms with Crippen molar-refractivity contribution in [3.05, 3.63) is 35.3 Å². The average Bonchev–Trinajstić information content (AvgIpc) is 3.73. The van der Waals surface area contributed by atoms with Gasteiger partial charge in [0.25, 0.3) is 0 Å². The van der Waals surface area contributed by atoms with E-state index in [2.05, 4.69) is 36.9 Å². The normalized spacial score (nSPS) is 16.4. The van der Waals surface area contributed by atoms with Crippen LogP contribution in [0.15, 0.2) is 30.5 Å². The molecule has 0 bridgehead atoms. The van der Waals surface area contributed by atoms with Crippen LogP contribution in [0.25, 0.3) is 32.5 Å². The van der Waals surface area contributed by atoms with Crippen LogP contribution in [0.1, 0.15) is 24.6 Å². The van der Waals surface area contributed by atoms with E-state index in [1.165, 1.54) is 11.1 Å². The lowest BCUT2D eigenvalue weighted by Gasteiger charge is -2.35. The molecule has 0 radical (unpaired) electrons. The maximum absolute atomic E-state index is 12.0. The number of aromatic nitrogens is 4. The Bertz CT molecular complexity index is 1700. The second kappa shape index (κ2) is 17.2. The van der Waals surface area contributed by atoms with Crippen molar-refractivity contribution in [3.8, 4) is 11.4 Å². The number of thiophene rings is 1. The molecule has 2 aliphatic heterocycles. The Labute approximate surface area is 278 Å². The molecule has 0 unspecified atom stereocenters. The third-order valence-corrected chi connectivity index (χ3v) is 10.6. The molecular formula is C30H45N9O6S2. The number of nitrogens with zero attached hydrogens (tertiary/aromatic N) is 7. The summed E-state index contributed by atoms with van der Waals surface area (Å²) in [6.45, 7) is 9.75. The first kappa shape index (κ1) is 36.5. The number of esters is 1. The molecule has 1 aromatic carbocycles. The van der Waals surface area contributed by atoms with Crippen LogP contribution < -0.4 is 10.8 Å². The van der Waals surface area contributed by atoms with E-state index >= 15 is 0 Å². The minimum atomic E-state index is -3.16. The minimum absolute atomic E-state index is 0.129. The number of aromatic amines is 1. The van der Waals surface area contributed by atoms with Crippen LogP contribution in [-0.4, -0.2) is 138 Å². The van der Waals surface area contributed by atoms with Crippen molar-refractivity contribution in [1.82, 2.24) is 34.3 Å². The molecule has 0 atom stereocenters. The molecule has 258 valence electrons. The second-order valence-corrected chi connectivity index (χ2v) is 14.2. The SMILES string of the molecule is CCOC(=O)CCCN1CCN(c2nc(-c3cccc4[nH]ncc34)nc3cc(CN4CCN(S(C)(=O)=O)CC4)sc23)CC1.CO.NO. The lowest BCUT2D eigenvalue weighted by molar-refractivity contribution is -0.143. The Morgan fingerprint density at radius 3 is 2.43 bits per heavy atom. The van der Waals surface area contributed by atoms with Gasteiger partial charge in [0.1, 0.15) is 0 Å². The second-order valence-electron chi connectivity index (χ2n) is 11.1. The topological polar surface area (TPSA) is 194 Å². The Morgan fingerprint density at radius 1 is 1.04 bits per heavy atom. The number of aliphatic hydroxyl groups excluding tert-OH is 1. The number of hydrogen-bond acceptors (Lipinski definition) is 14. The molecular weight excluding hydrogens is 647 g/mol. The van der Waals surface area contributed by atoms with Gasteiger partial charge in [-0.2, -0.15) is 9.40 Å². The number of aliphatic hydroxyl groups is 1. The summed E-state index contributed by atoms with van der Waals surface area (Å²) in [4.78, 5) is 30.2. The van der Waals surface area contributed by atoms with Gasteiger partial charge < -0.3 is 20.0 Å². The van der Waals surface area contributed by atoms with Crippen molar-refractivity contribution in [2.24, 2.45) is 5.90 Å². The van der Waals surface area contributed by atoms with Crippen LogP contribution in [-0.2, 0) is 26.1 Å². The molecule has 17 heteroatoms. The number of benzene rings is 1. The van der Waals surface area contributed by atoms with Gasteiger partial charge in [-0.1, -0.05) is 12.1 Å². The number of fused-ring (bicyclic) bond motifs is 2. The summed E-state index contributed by atoms with van der Waals surface area (Å²) >= 11 is 1.73. The van der Waals surface area contributed by atoms with Gasteiger partial charge in [-0.25, -0.2) is 24.3 Å². The van der Waals surface area contributed by atoms with Crippen LogP contribution in [0, 0.1) is 0 Å². The Morgan fingerprint density at radius 2 is 1.74 bits per heavy atom. The predicted molar refractivity (Wildman–Crippen MR) is 183 cm³/mol. The summed E-state index contributed by atoms with van der Waals surface area (Å²) in [6.07, 6.45) is 4.34. The summed E-state index contributed by atoms with van der Waals surface area (Å²) in [5, 5.41) is 21.8. The maximum atomic E-state index is 12.0. The number of hydrogen-bond donors (Lipinski definition) is 4. The molecule has 0 aliphatic carbocycles. The monoisotopic (exact) mass is 691 g/mol. The Balaban J connectivity index is 0.00000120. The van der Waals surface area contributed by atoms with E-state index in [-0.39, 0.29) is 5.97 Å². The largest absolute Gasteiger partial charge is 0.466 e. The molecule has 15 nitrogen and oxygen atoms in total. The van der Waals surface area contributed by atoms with Crippen molar-refractivity contribution in [3.63, 3.8) is 0 Å². The number of anilines is 1.